The summed E-state index contributed by atoms with van der Waals surface area (Å²) in [7, 11) is 6.63. The molecule has 9 atom stereocenters. The van der Waals surface area contributed by atoms with Crippen LogP contribution >= 0.6 is 0 Å². The third-order valence-corrected chi connectivity index (χ3v) is 12.8. The Morgan fingerprint density at radius 3 is 2.02 bits per heavy atom. The number of nitrogens with zero attached hydrogens (tertiary/aromatic N) is 3. The molecule has 5 amide bonds. The Bertz CT molecular complexity index is 1680. The van der Waals surface area contributed by atoms with E-state index < -0.39 is 65.8 Å². The zero-order valence-corrected chi connectivity index (χ0v) is 41.9. The van der Waals surface area contributed by atoms with Gasteiger partial charge in [0.1, 0.15) is 17.8 Å². The number of aliphatic carboxylic acids is 1. The Kier molecular flexibility index (Phi) is 23.4. The standard InChI is InChI=1S/C49H84N6O10/c1-15-32(6)43(54(12)48(63)41(30(2)3)51-47(62)42(31(4)5)53(11)26-18-16-17-21-40(58)59)38(64-13)29-39(57)55-27-19-20-37(55)44(65-14)33(7)45(60)50-36(46(61)52-49(8,9)10)28-34-22-24-35(56)25-23-34/h22-25,30-33,36-38,41-44,56H,15-21,26-29H2,1-14H3,(H,50,60)(H,51,62)(H,52,61)(H,58,59)/t32-,33+,36-,37-,38+,41-,42-,43-,44+/m0/s1. The molecule has 1 aromatic carbocycles. The van der Waals surface area contributed by atoms with Crippen molar-refractivity contribution in [3.8, 4) is 5.75 Å². The van der Waals surface area contributed by atoms with Crippen LogP contribution in [0.1, 0.15) is 126 Å². The maximum absolute atomic E-state index is 14.5. The summed E-state index contributed by atoms with van der Waals surface area (Å²) in [4.78, 5) is 86.7. The summed E-state index contributed by atoms with van der Waals surface area (Å²) in [6.45, 7) is 20.1. The monoisotopic (exact) mass is 917 g/mol. The van der Waals surface area contributed by atoms with E-state index in [1.165, 1.54) is 26.4 Å². The fourth-order valence-corrected chi connectivity index (χ4v) is 9.08. The number of methoxy groups -OCH3 is 2. The number of hydrogen-bond donors (Lipinski definition) is 5. The first-order chi connectivity index (χ1) is 30.4. The van der Waals surface area contributed by atoms with Crippen molar-refractivity contribution in [1.82, 2.24) is 30.7 Å². The maximum atomic E-state index is 14.5. The molecule has 0 spiro atoms. The molecule has 1 aliphatic heterocycles. The van der Waals surface area contributed by atoms with E-state index in [0.717, 1.165) is 18.4 Å². The summed E-state index contributed by atoms with van der Waals surface area (Å²) in [5, 5.41) is 27.8. The molecule has 1 saturated heterocycles. The van der Waals surface area contributed by atoms with Crippen molar-refractivity contribution in [3.63, 3.8) is 0 Å². The Labute approximate surface area is 389 Å². The lowest BCUT2D eigenvalue weighted by Gasteiger charge is -2.41. The molecule has 16 heteroatoms. The number of carboxylic acid groups (broad SMARTS) is 1. The van der Waals surface area contributed by atoms with Gasteiger partial charge in [0, 0.05) is 46.2 Å². The van der Waals surface area contributed by atoms with E-state index in [9.17, 15) is 33.9 Å². The van der Waals surface area contributed by atoms with E-state index in [1.54, 1.807) is 35.9 Å². The summed E-state index contributed by atoms with van der Waals surface area (Å²) in [5.41, 5.74) is 0.202. The van der Waals surface area contributed by atoms with Crippen molar-refractivity contribution < 1.29 is 48.5 Å². The van der Waals surface area contributed by atoms with Gasteiger partial charge in [-0.1, -0.05) is 73.4 Å². The minimum Gasteiger partial charge on any atom is -0.508 e. The fourth-order valence-electron chi connectivity index (χ4n) is 9.08. The number of unbranched alkanes of at least 4 members (excludes halogenated alkanes) is 2. The summed E-state index contributed by atoms with van der Waals surface area (Å²) >= 11 is 0. The average Bonchev–Trinajstić information content (AvgIpc) is 3.71. The number of carbonyl (C=O) groups is 6. The average molecular weight is 917 g/mol. The van der Waals surface area contributed by atoms with Crippen LogP contribution in [0.15, 0.2) is 24.3 Å². The zero-order valence-electron chi connectivity index (χ0n) is 41.9. The fraction of sp³-hybridized carbons (Fsp3) is 0.755. The van der Waals surface area contributed by atoms with Crippen molar-refractivity contribution in [2.75, 3.05) is 41.4 Å². The molecule has 16 nitrogen and oxygen atoms in total. The number of phenolic OH excluding ortho intramolecular Hbond substituents is 1. The molecular weight excluding hydrogens is 833 g/mol. The van der Waals surface area contributed by atoms with E-state index in [2.05, 4.69) is 16.0 Å². The highest BCUT2D eigenvalue weighted by Gasteiger charge is 2.43. The van der Waals surface area contributed by atoms with Crippen LogP contribution in [0.4, 0.5) is 0 Å². The van der Waals surface area contributed by atoms with Crippen LogP contribution in [0.5, 0.6) is 5.75 Å². The first-order valence-electron chi connectivity index (χ1n) is 23.6. The molecule has 2 rings (SSSR count). The molecule has 5 N–H and O–H groups in total. The molecule has 0 aliphatic carbocycles. The number of aromatic hydroxyl groups is 1. The molecule has 65 heavy (non-hydrogen) atoms. The van der Waals surface area contributed by atoms with E-state index in [1.807, 2.05) is 74.3 Å². The Morgan fingerprint density at radius 2 is 1.49 bits per heavy atom. The lowest BCUT2D eigenvalue weighted by atomic mass is 9.89. The van der Waals surface area contributed by atoms with E-state index in [-0.39, 0.29) is 66.4 Å². The van der Waals surface area contributed by atoms with E-state index in [0.29, 0.717) is 38.8 Å². The third kappa shape index (κ3) is 17.5. The molecule has 1 heterocycles. The SMILES string of the molecule is CC[C@H](C)[C@@H]([C@@H](CC(=O)N1CCC[C@H]1[C@H](OC)[C@@H](C)C(=O)N[C@@H](Cc1ccc(O)cc1)C(=O)NC(C)(C)C)OC)N(C)C(=O)[C@@H](NC(=O)[C@H](C(C)C)N(C)CCCCCC(=O)O)C(C)C. The van der Waals surface area contributed by atoms with Crippen LogP contribution in [0.3, 0.4) is 0 Å². The lowest BCUT2D eigenvalue weighted by Crippen LogP contribution is -2.60. The van der Waals surface area contributed by atoms with Gasteiger partial charge in [-0.3, -0.25) is 33.7 Å². The molecule has 1 aromatic rings. The van der Waals surface area contributed by atoms with Gasteiger partial charge in [-0.2, -0.15) is 0 Å². The molecule has 0 aromatic heterocycles. The second kappa shape index (κ2) is 26.8. The van der Waals surface area contributed by atoms with Crippen molar-refractivity contribution in [3.05, 3.63) is 29.8 Å². The second-order valence-electron chi connectivity index (χ2n) is 19.9. The van der Waals surface area contributed by atoms with Crippen LogP contribution in [-0.4, -0.2) is 150 Å². The molecule has 1 fully saturated rings. The molecule has 370 valence electrons. The number of likely N-dealkylation sites (N-methyl/N-ethyl adjacent to an activating group) is 2. The minimum atomic E-state index is -0.915. The predicted octanol–water partition coefficient (Wildman–Crippen LogP) is 5.00. The van der Waals surface area contributed by atoms with Crippen molar-refractivity contribution in [2.24, 2.45) is 23.7 Å². The van der Waals surface area contributed by atoms with Gasteiger partial charge in [0.05, 0.1) is 42.7 Å². The van der Waals surface area contributed by atoms with Gasteiger partial charge >= 0.3 is 5.97 Å². The highest BCUT2D eigenvalue weighted by atomic mass is 16.5. The normalized spacial score (nSPS) is 18.0. The number of ether oxygens (including phenoxy) is 2. The first kappa shape index (κ1) is 56.8. The molecule has 0 saturated carbocycles. The van der Waals surface area contributed by atoms with Gasteiger partial charge in [-0.15, -0.1) is 0 Å². The van der Waals surface area contributed by atoms with Crippen LogP contribution in [0.25, 0.3) is 0 Å². The Morgan fingerprint density at radius 1 is 0.862 bits per heavy atom. The van der Waals surface area contributed by atoms with Crippen LogP contribution in [0, 0.1) is 23.7 Å². The van der Waals surface area contributed by atoms with E-state index >= 15 is 0 Å². The number of carboxylic acids is 1. The summed E-state index contributed by atoms with van der Waals surface area (Å²) < 4.78 is 12.1. The van der Waals surface area contributed by atoms with Gasteiger partial charge in [0.15, 0.2) is 0 Å². The van der Waals surface area contributed by atoms with E-state index in [4.69, 9.17) is 14.6 Å². The van der Waals surface area contributed by atoms with Crippen LogP contribution in [-0.2, 0) is 44.7 Å². The van der Waals surface area contributed by atoms with Crippen LogP contribution in [0.2, 0.25) is 0 Å². The number of benzene rings is 1. The van der Waals surface area contributed by atoms with Gasteiger partial charge < -0.3 is 45.4 Å². The Hall–Kier alpha value is -4.28. The van der Waals surface area contributed by atoms with Gasteiger partial charge in [-0.25, -0.2) is 0 Å². The maximum Gasteiger partial charge on any atom is 0.303 e. The third-order valence-electron chi connectivity index (χ3n) is 12.8. The Balaban J connectivity index is 2.29. The summed E-state index contributed by atoms with van der Waals surface area (Å²) in [6, 6.07) is 3.23. The second-order valence-corrected chi connectivity index (χ2v) is 19.9. The summed E-state index contributed by atoms with van der Waals surface area (Å²) in [5.74, 6) is -3.38. The molecule has 0 bridgehead atoms. The quantitative estimate of drug-likeness (QED) is 0.0743. The number of hydrogen-bond acceptors (Lipinski definition) is 10. The van der Waals surface area contributed by atoms with Crippen molar-refractivity contribution >= 4 is 35.5 Å². The molecule has 1 aliphatic rings. The molecule has 0 radical (unpaired) electrons. The number of nitrogens with one attached hydrogen (secondary N) is 3. The van der Waals surface area contributed by atoms with Gasteiger partial charge in [0.25, 0.3) is 0 Å². The highest BCUT2D eigenvalue weighted by molar-refractivity contribution is 5.91. The van der Waals surface area contributed by atoms with Crippen molar-refractivity contribution in [1.29, 1.82) is 0 Å². The van der Waals surface area contributed by atoms with Crippen LogP contribution < -0.4 is 16.0 Å². The topological polar surface area (TPSA) is 207 Å². The summed E-state index contributed by atoms with van der Waals surface area (Å²) in [6.07, 6.45) is 2.89. The first-order valence-corrected chi connectivity index (χ1v) is 23.6. The number of amides is 5. The largest absolute Gasteiger partial charge is 0.508 e. The molecular formula is C49H84N6O10. The highest BCUT2D eigenvalue weighted by Crippen LogP contribution is 2.30. The molecule has 0 unspecified atom stereocenters. The number of carbonyl (C=O) groups excluding carboxylic acids is 5. The van der Waals surface area contributed by atoms with Crippen molar-refractivity contribution in [2.45, 2.75) is 175 Å². The smallest absolute Gasteiger partial charge is 0.303 e. The number of phenols is 1. The predicted molar refractivity (Wildman–Crippen MR) is 252 cm³/mol. The van der Waals surface area contributed by atoms with Gasteiger partial charge in [0.2, 0.25) is 29.5 Å². The minimum absolute atomic E-state index is 0.0380. The number of rotatable bonds is 27. The van der Waals surface area contributed by atoms with Gasteiger partial charge in [-0.05, 0) is 95.5 Å². The number of likely N-dealkylation sites (tertiary alicyclic amines) is 1. The zero-order chi connectivity index (χ0) is 49.3. The lowest BCUT2D eigenvalue weighted by molar-refractivity contribution is -0.148.